The summed E-state index contributed by atoms with van der Waals surface area (Å²) in [4.78, 5) is 23.2. The Morgan fingerprint density at radius 2 is 1.85 bits per heavy atom. The molecular weight excluding hydrogens is 364 g/mol. The van der Waals surface area contributed by atoms with Crippen LogP contribution in [0.15, 0.2) is 24.3 Å². The highest BCUT2D eigenvalue weighted by Gasteiger charge is 2.30. The molecule has 2 aliphatic rings. The van der Waals surface area contributed by atoms with Crippen LogP contribution in [0.25, 0.3) is 0 Å². The second-order valence-electron chi connectivity index (χ2n) is 8.19. The van der Waals surface area contributed by atoms with E-state index in [1.165, 1.54) is 5.56 Å². The van der Waals surface area contributed by atoms with Crippen LogP contribution in [-0.4, -0.2) is 36.1 Å². The van der Waals surface area contributed by atoms with Crippen LogP contribution in [0.3, 0.4) is 0 Å². The molecule has 1 amide bonds. The van der Waals surface area contributed by atoms with Gasteiger partial charge < -0.3 is 15.7 Å². The zero-order chi connectivity index (χ0) is 18.6. The van der Waals surface area contributed by atoms with Gasteiger partial charge in [0.2, 0.25) is 0 Å². The summed E-state index contributed by atoms with van der Waals surface area (Å²) in [6.07, 6.45) is 6.03. The van der Waals surface area contributed by atoms with Crippen molar-refractivity contribution in [2.45, 2.75) is 63.3 Å². The molecule has 1 saturated heterocycles. The maximum absolute atomic E-state index is 12.5. The van der Waals surface area contributed by atoms with Gasteiger partial charge in [0.05, 0.1) is 0 Å². The van der Waals surface area contributed by atoms with Crippen molar-refractivity contribution in [2.75, 3.05) is 13.1 Å². The lowest BCUT2D eigenvalue weighted by atomic mass is 9.81. The van der Waals surface area contributed by atoms with Gasteiger partial charge in [0.25, 0.3) is 5.91 Å². The van der Waals surface area contributed by atoms with Crippen LogP contribution in [0.2, 0.25) is 0 Å². The highest BCUT2D eigenvalue weighted by Crippen LogP contribution is 2.30. The number of rotatable bonds is 6. The van der Waals surface area contributed by atoms with E-state index < -0.39 is 5.97 Å². The molecule has 2 fully saturated rings. The summed E-state index contributed by atoms with van der Waals surface area (Å²) < 4.78 is 0. The number of amides is 1. The van der Waals surface area contributed by atoms with Gasteiger partial charge in [0.15, 0.2) is 0 Å². The number of nitrogens with one attached hydrogen (secondary N) is 2. The minimum absolute atomic E-state index is 0. The Kier molecular flexibility index (Phi) is 7.68. The number of carboxylic acids is 1. The van der Waals surface area contributed by atoms with Crippen molar-refractivity contribution in [1.29, 1.82) is 0 Å². The predicted molar refractivity (Wildman–Crippen MR) is 109 cm³/mol. The SMILES string of the molecule is CC1(c2ccc(C(=O)N[C@H]3CC[C@H](CCC(=O)O)CC3)cc2)CCNC1.Cl. The van der Waals surface area contributed by atoms with Crippen LogP contribution in [0.4, 0.5) is 0 Å². The number of carboxylic acid groups (broad SMARTS) is 1. The zero-order valence-electron chi connectivity index (χ0n) is 16.0. The summed E-state index contributed by atoms with van der Waals surface area (Å²) in [5, 5.41) is 15.3. The van der Waals surface area contributed by atoms with E-state index in [-0.39, 0.29) is 36.2 Å². The number of carbonyl (C=O) groups is 2. The molecule has 5 nitrogen and oxygen atoms in total. The van der Waals surface area contributed by atoms with Crippen LogP contribution in [0, 0.1) is 5.92 Å². The van der Waals surface area contributed by atoms with E-state index in [0.29, 0.717) is 5.92 Å². The lowest BCUT2D eigenvalue weighted by Gasteiger charge is -2.29. The minimum Gasteiger partial charge on any atom is -0.481 e. The number of benzene rings is 1. The Morgan fingerprint density at radius 1 is 1.19 bits per heavy atom. The Balaban J connectivity index is 0.00000261. The number of carbonyl (C=O) groups excluding carboxylic acids is 1. The number of aliphatic carboxylic acids is 1. The fourth-order valence-electron chi connectivity index (χ4n) is 4.28. The Bertz CT molecular complexity index is 633. The Labute approximate surface area is 167 Å². The molecular formula is C21H31ClN2O3. The van der Waals surface area contributed by atoms with Crippen LogP contribution >= 0.6 is 12.4 Å². The molecule has 27 heavy (non-hydrogen) atoms. The smallest absolute Gasteiger partial charge is 0.303 e. The van der Waals surface area contributed by atoms with Crippen molar-refractivity contribution in [3.63, 3.8) is 0 Å². The van der Waals surface area contributed by atoms with E-state index in [2.05, 4.69) is 29.7 Å². The lowest BCUT2D eigenvalue weighted by Crippen LogP contribution is -2.37. The van der Waals surface area contributed by atoms with E-state index in [1.807, 2.05) is 12.1 Å². The third-order valence-electron chi connectivity index (χ3n) is 6.16. The van der Waals surface area contributed by atoms with Gasteiger partial charge in [-0.1, -0.05) is 19.1 Å². The molecule has 0 bridgehead atoms. The van der Waals surface area contributed by atoms with Gasteiger partial charge in [-0.2, -0.15) is 0 Å². The molecule has 1 aromatic rings. The van der Waals surface area contributed by atoms with Crippen LogP contribution in [-0.2, 0) is 10.2 Å². The third-order valence-corrected chi connectivity index (χ3v) is 6.16. The normalized spacial score (nSPS) is 27.6. The number of hydrogen-bond donors (Lipinski definition) is 3. The fraction of sp³-hybridized carbons (Fsp3) is 0.619. The monoisotopic (exact) mass is 394 g/mol. The highest BCUT2D eigenvalue weighted by atomic mass is 35.5. The second kappa shape index (κ2) is 9.56. The van der Waals surface area contributed by atoms with Crippen molar-refractivity contribution in [3.8, 4) is 0 Å². The molecule has 0 aromatic heterocycles. The summed E-state index contributed by atoms with van der Waals surface area (Å²) in [7, 11) is 0. The van der Waals surface area contributed by atoms with Gasteiger partial charge in [-0.3, -0.25) is 9.59 Å². The van der Waals surface area contributed by atoms with Crippen molar-refractivity contribution in [3.05, 3.63) is 35.4 Å². The average Bonchev–Trinajstić information content (AvgIpc) is 3.09. The zero-order valence-corrected chi connectivity index (χ0v) is 16.8. The molecule has 3 N–H and O–H groups in total. The summed E-state index contributed by atoms with van der Waals surface area (Å²) in [5.74, 6) is -0.231. The van der Waals surface area contributed by atoms with Gasteiger partial charge in [0.1, 0.15) is 0 Å². The first kappa shape index (κ1) is 21.7. The minimum atomic E-state index is -0.717. The average molecular weight is 395 g/mol. The maximum atomic E-state index is 12.5. The van der Waals surface area contributed by atoms with E-state index in [0.717, 1.165) is 57.2 Å². The van der Waals surface area contributed by atoms with Gasteiger partial charge in [-0.15, -0.1) is 12.4 Å². The first-order valence-corrected chi connectivity index (χ1v) is 9.80. The van der Waals surface area contributed by atoms with Crippen molar-refractivity contribution in [1.82, 2.24) is 10.6 Å². The molecule has 0 radical (unpaired) electrons. The van der Waals surface area contributed by atoms with Crippen molar-refractivity contribution in [2.24, 2.45) is 5.92 Å². The fourth-order valence-corrected chi connectivity index (χ4v) is 4.28. The first-order valence-electron chi connectivity index (χ1n) is 9.80. The number of hydrogen-bond acceptors (Lipinski definition) is 3. The Hall–Kier alpha value is -1.59. The molecule has 1 atom stereocenters. The van der Waals surface area contributed by atoms with Crippen LogP contribution < -0.4 is 10.6 Å². The van der Waals surface area contributed by atoms with E-state index >= 15 is 0 Å². The lowest BCUT2D eigenvalue weighted by molar-refractivity contribution is -0.137. The molecule has 1 aliphatic heterocycles. The topological polar surface area (TPSA) is 78.4 Å². The first-order chi connectivity index (χ1) is 12.5. The van der Waals surface area contributed by atoms with Crippen LogP contribution in [0.5, 0.6) is 0 Å². The molecule has 1 aliphatic carbocycles. The standard InChI is InChI=1S/C21H30N2O3.ClH/c1-21(12-13-22-14-21)17-7-5-16(6-8-17)20(26)23-18-9-2-15(3-10-18)4-11-19(24)25;/h5-8,15,18,22H,2-4,9-14H2,1H3,(H,23,26)(H,24,25);1H/t15-,18-,21?;. The molecule has 150 valence electrons. The predicted octanol–water partition coefficient (Wildman–Crippen LogP) is 3.51. The Morgan fingerprint density at radius 3 is 2.41 bits per heavy atom. The molecule has 1 unspecified atom stereocenters. The van der Waals surface area contributed by atoms with E-state index in [4.69, 9.17) is 5.11 Å². The largest absolute Gasteiger partial charge is 0.481 e. The summed E-state index contributed by atoms with van der Waals surface area (Å²) in [5.41, 5.74) is 2.18. The van der Waals surface area contributed by atoms with Gasteiger partial charge in [0, 0.05) is 30.0 Å². The van der Waals surface area contributed by atoms with E-state index in [9.17, 15) is 9.59 Å². The van der Waals surface area contributed by atoms with Gasteiger partial charge in [-0.05, 0) is 68.7 Å². The molecule has 1 saturated carbocycles. The van der Waals surface area contributed by atoms with Gasteiger partial charge >= 0.3 is 5.97 Å². The van der Waals surface area contributed by atoms with Crippen molar-refractivity contribution >= 4 is 24.3 Å². The molecule has 0 spiro atoms. The second-order valence-corrected chi connectivity index (χ2v) is 8.19. The number of halogens is 1. The molecule has 1 aromatic carbocycles. The van der Waals surface area contributed by atoms with Crippen molar-refractivity contribution < 1.29 is 14.7 Å². The van der Waals surface area contributed by atoms with Crippen LogP contribution in [0.1, 0.15) is 67.8 Å². The molecule has 6 heteroatoms. The summed E-state index contributed by atoms with van der Waals surface area (Å²) in [6, 6.07) is 8.26. The third kappa shape index (κ3) is 5.69. The van der Waals surface area contributed by atoms with E-state index in [1.54, 1.807) is 0 Å². The maximum Gasteiger partial charge on any atom is 0.303 e. The summed E-state index contributed by atoms with van der Waals surface area (Å²) in [6.45, 7) is 4.31. The summed E-state index contributed by atoms with van der Waals surface area (Å²) >= 11 is 0. The molecule has 3 rings (SSSR count). The highest BCUT2D eigenvalue weighted by molar-refractivity contribution is 5.94. The molecule has 1 heterocycles. The quantitative estimate of drug-likeness (QED) is 0.689. The van der Waals surface area contributed by atoms with Gasteiger partial charge in [-0.25, -0.2) is 0 Å².